The number of benzene rings is 1. The molecule has 1 atom stereocenters. The largest absolute Gasteiger partial charge is 0.527 e. The maximum absolute atomic E-state index is 13.8. The normalized spacial score (nSPS) is 16.4. The van der Waals surface area contributed by atoms with E-state index in [1.807, 2.05) is 30.3 Å². The molecule has 0 unspecified atom stereocenters. The first-order valence-corrected chi connectivity index (χ1v) is 15.3. The van der Waals surface area contributed by atoms with Crippen LogP contribution in [0.5, 0.6) is 0 Å². The van der Waals surface area contributed by atoms with Crippen molar-refractivity contribution in [1.82, 2.24) is 30.6 Å². The Labute approximate surface area is 263 Å². The van der Waals surface area contributed by atoms with Gasteiger partial charge in [-0.3, -0.25) is 14.4 Å². The van der Waals surface area contributed by atoms with Gasteiger partial charge in [-0.2, -0.15) is 0 Å². The first-order valence-electron chi connectivity index (χ1n) is 15.3. The number of amides is 2. The van der Waals surface area contributed by atoms with Crippen LogP contribution in [0.3, 0.4) is 0 Å². The van der Waals surface area contributed by atoms with Gasteiger partial charge in [-0.05, 0) is 34.1 Å². The second-order valence-corrected chi connectivity index (χ2v) is 11.7. The predicted molar refractivity (Wildman–Crippen MR) is 165 cm³/mol. The molecule has 2 aliphatic rings. The summed E-state index contributed by atoms with van der Waals surface area (Å²) in [6.07, 6.45) is -0.856. The van der Waals surface area contributed by atoms with Crippen LogP contribution in [-0.2, 0) is 23.9 Å². The Balaban J connectivity index is 1.53. The minimum absolute atomic E-state index is 0.0281. The number of hydroxylamine groups is 2. The lowest BCUT2D eigenvalue weighted by molar-refractivity contribution is -0.158. The van der Waals surface area contributed by atoms with E-state index in [2.05, 4.69) is 20.5 Å². The summed E-state index contributed by atoms with van der Waals surface area (Å²) in [7, 11) is 0. The van der Waals surface area contributed by atoms with Gasteiger partial charge in [0.15, 0.2) is 5.82 Å². The highest BCUT2D eigenvalue weighted by Gasteiger charge is 2.32. The number of carbonyl (C=O) groups excluding carboxylic acids is 4. The third-order valence-electron chi connectivity index (χ3n) is 7.09. The SMILES string of the molecule is CCOC(=O)ON1CCN(C(=O)[C@H](CCC(=O)OC(C)(C)C)NC(=O)c2cc(N3CCNCC3)nc(-c3ccccc3)n2)CC1. The van der Waals surface area contributed by atoms with Gasteiger partial charge in [-0.15, -0.1) is 5.06 Å². The molecule has 2 N–H and O–H groups in total. The van der Waals surface area contributed by atoms with Gasteiger partial charge in [-0.25, -0.2) is 14.8 Å². The van der Waals surface area contributed by atoms with Gasteiger partial charge < -0.3 is 34.7 Å². The zero-order valence-corrected chi connectivity index (χ0v) is 26.4. The van der Waals surface area contributed by atoms with E-state index < -0.39 is 29.7 Å². The van der Waals surface area contributed by atoms with Crippen LogP contribution in [0.25, 0.3) is 11.4 Å². The first-order chi connectivity index (χ1) is 21.5. The molecule has 2 amide bonds. The van der Waals surface area contributed by atoms with Crippen LogP contribution >= 0.6 is 0 Å². The van der Waals surface area contributed by atoms with E-state index in [-0.39, 0.29) is 57.2 Å². The standard InChI is InChI=1S/C31H43N7O7/c1-5-43-30(42)45-38-19-17-37(18-20-38)29(41)23(11-12-26(39)44-31(2,3)4)34-28(40)24-21-25(36-15-13-32-14-16-36)35-27(33-24)22-9-7-6-8-10-22/h6-10,21,23,32H,5,11-20H2,1-4H3,(H,34,40)/t23-/m0/s1. The fraction of sp³-hybridized carbons (Fsp3) is 0.548. The monoisotopic (exact) mass is 625 g/mol. The van der Waals surface area contributed by atoms with Gasteiger partial charge >= 0.3 is 12.1 Å². The summed E-state index contributed by atoms with van der Waals surface area (Å²) >= 11 is 0. The number of nitrogens with zero attached hydrogens (tertiary/aromatic N) is 5. The van der Waals surface area contributed by atoms with Gasteiger partial charge in [0.05, 0.1) is 19.7 Å². The van der Waals surface area contributed by atoms with E-state index in [1.54, 1.807) is 38.7 Å². The molecule has 2 fully saturated rings. The minimum atomic E-state index is -1.03. The van der Waals surface area contributed by atoms with Crippen molar-refractivity contribution >= 4 is 29.8 Å². The van der Waals surface area contributed by atoms with E-state index in [9.17, 15) is 19.2 Å². The molecule has 2 aliphatic heterocycles. The maximum Gasteiger partial charge on any atom is 0.527 e. The predicted octanol–water partition coefficient (Wildman–Crippen LogP) is 2.01. The Hall–Kier alpha value is -4.30. The second kappa shape index (κ2) is 15.6. The molecule has 3 heterocycles. The fourth-order valence-electron chi connectivity index (χ4n) is 4.94. The molecule has 1 aromatic heterocycles. The highest BCUT2D eigenvalue weighted by molar-refractivity contribution is 5.97. The quantitative estimate of drug-likeness (QED) is 0.371. The fourth-order valence-corrected chi connectivity index (χ4v) is 4.94. The van der Waals surface area contributed by atoms with Crippen LogP contribution < -0.4 is 15.5 Å². The Morgan fingerprint density at radius 2 is 1.67 bits per heavy atom. The zero-order valence-electron chi connectivity index (χ0n) is 26.4. The lowest BCUT2D eigenvalue weighted by Gasteiger charge is -2.35. The molecular formula is C31H43N7O7. The molecule has 0 aliphatic carbocycles. The van der Waals surface area contributed by atoms with Crippen LogP contribution in [0.15, 0.2) is 36.4 Å². The molecule has 0 bridgehead atoms. The van der Waals surface area contributed by atoms with Crippen LogP contribution in [0.4, 0.5) is 10.6 Å². The van der Waals surface area contributed by atoms with E-state index in [4.69, 9.17) is 19.3 Å². The smallest absolute Gasteiger partial charge is 0.460 e. The molecule has 45 heavy (non-hydrogen) atoms. The number of carbonyl (C=O) groups is 4. The molecule has 4 rings (SSSR count). The van der Waals surface area contributed by atoms with Crippen molar-refractivity contribution in [2.75, 3.05) is 63.9 Å². The molecule has 14 nitrogen and oxygen atoms in total. The Kier molecular flexibility index (Phi) is 11.7. The number of ether oxygens (including phenoxy) is 2. The van der Waals surface area contributed by atoms with Gasteiger partial charge in [0.2, 0.25) is 5.91 Å². The topological polar surface area (TPSA) is 156 Å². The third kappa shape index (κ3) is 10.1. The summed E-state index contributed by atoms with van der Waals surface area (Å²) in [6, 6.07) is 9.99. The Bertz CT molecular complexity index is 1320. The molecule has 0 saturated carbocycles. The van der Waals surface area contributed by atoms with E-state index >= 15 is 0 Å². The summed E-state index contributed by atoms with van der Waals surface area (Å²) in [6.45, 7) is 11.2. The van der Waals surface area contributed by atoms with Crippen molar-refractivity contribution < 1.29 is 33.5 Å². The lowest BCUT2D eigenvalue weighted by atomic mass is 10.1. The molecule has 0 radical (unpaired) electrons. The van der Waals surface area contributed by atoms with Crippen molar-refractivity contribution in [2.45, 2.75) is 52.2 Å². The van der Waals surface area contributed by atoms with E-state index in [1.165, 1.54) is 5.06 Å². The number of hydrogen-bond acceptors (Lipinski definition) is 12. The molecule has 2 saturated heterocycles. The van der Waals surface area contributed by atoms with E-state index in [0.29, 0.717) is 11.6 Å². The van der Waals surface area contributed by atoms with E-state index in [0.717, 1.165) is 31.7 Å². The second-order valence-electron chi connectivity index (χ2n) is 11.7. The number of anilines is 1. The number of nitrogens with one attached hydrogen (secondary N) is 2. The molecule has 14 heteroatoms. The highest BCUT2D eigenvalue weighted by Crippen LogP contribution is 2.21. The molecular weight excluding hydrogens is 582 g/mol. The summed E-state index contributed by atoms with van der Waals surface area (Å²) in [5.41, 5.74) is 0.175. The van der Waals surface area contributed by atoms with Gasteiger partial charge in [-0.1, -0.05) is 30.3 Å². The summed E-state index contributed by atoms with van der Waals surface area (Å²) < 4.78 is 10.3. The first kappa shape index (κ1) is 33.6. The minimum Gasteiger partial charge on any atom is -0.460 e. The van der Waals surface area contributed by atoms with Crippen molar-refractivity contribution in [3.63, 3.8) is 0 Å². The Morgan fingerprint density at radius 3 is 2.31 bits per heavy atom. The number of aromatic nitrogens is 2. The molecule has 244 valence electrons. The van der Waals surface area contributed by atoms with Crippen LogP contribution in [0, 0.1) is 0 Å². The van der Waals surface area contributed by atoms with Gasteiger partial charge in [0.25, 0.3) is 5.91 Å². The van der Waals surface area contributed by atoms with Crippen molar-refractivity contribution in [3.8, 4) is 11.4 Å². The average molecular weight is 626 g/mol. The zero-order chi connectivity index (χ0) is 32.4. The summed E-state index contributed by atoms with van der Waals surface area (Å²) in [5.74, 6) is -0.382. The number of hydrogen-bond donors (Lipinski definition) is 2. The van der Waals surface area contributed by atoms with Gasteiger partial charge in [0.1, 0.15) is 23.2 Å². The molecule has 0 spiro atoms. The van der Waals surface area contributed by atoms with Crippen molar-refractivity contribution in [2.24, 2.45) is 0 Å². The molecule has 2 aromatic rings. The van der Waals surface area contributed by atoms with Crippen molar-refractivity contribution in [3.05, 3.63) is 42.1 Å². The number of piperazine rings is 2. The van der Waals surface area contributed by atoms with Crippen LogP contribution in [-0.4, -0.2) is 114 Å². The summed E-state index contributed by atoms with van der Waals surface area (Å²) in [5, 5.41) is 7.58. The average Bonchev–Trinajstić information content (AvgIpc) is 3.03. The highest BCUT2D eigenvalue weighted by atomic mass is 16.8. The van der Waals surface area contributed by atoms with Gasteiger partial charge in [0, 0.05) is 57.3 Å². The van der Waals surface area contributed by atoms with Crippen molar-refractivity contribution in [1.29, 1.82) is 0 Å². The summed E-state index contributed by atoms with van der Waals surface area (Å²) in [4.78, 5) is 70.0. The number of esters is 1. The van der Waals surface area contributed by atoms with Crippen LogP contribution in [0.1, 0.15) is 51.0 Å². The third-order valence-corrected chi connectivity index (χ3v) is 7.09. The molecule has 1 aromatic carbocycles. The van der Waals surface area contributed by atoms with Crippen LogP contribution in [0.2, 0.25) is 0 Å². The number of rotatable bonds is 10. The lowest BCUT2D eigenvalue weighted by Crippen LogP contribution is -2.55. The maximum atomic E-state index is 13.8. The Morgan fingerprint density at radius 1 is 0.978 bits per heavy atom.